The summed E-state index contributed by atoms with van der Waals surface area (Å²) in [6.07, 6.45) is 2.29. The van der Waals surface area contributed by atoms with Crippen LogP contribution >= 0.6 is 0 Å². The van der Waals surface area contributed by atoms with Crippen LogP contribution in [0.3, 0.4) is 0 Å². The lowest BCUT2D eigenvalue weighted by Crippen LogP contribution is -2.46. The van der Waals surface area contributed by atoms with Gasteiger partial charge in [-0.1, -0.05) is 30.3 Å². The van der Waals surface area contributed by atoms with Crippen LogP contribution in [-0.2, 0) is 6.54 Å². The normalized spacial score (nSPS) is 18.3. The maximum Gasteiger partial charge on any atom is 0.269 e. The number of nitrogens with zero attached hydrogens (tertiary/aromatic N) is 4. The van der Waals surface area contributed by atoms with Gasteiger partial charge in [0, 0.05) is 26.2 Å². The van der Waals surface area contributed by atoms with Gasteiger partial charge < -0.3 is 10.6 Å². The van der Waals surface area contributed by atoms with Gasteiger partial charge in [-0.05, 0) is 37.1 Å². The Labute approximate surface area is 142 Å². The average Bonchev–Trinajstić information content (AvgIpc) is 2.62. The van der Waals surface area contributed by atoms with Crippen LogP contribution in [-0.4, -0.2) is 47.2 Å². The number of piperidine rings is 1. The molecule has 1 amide bonds. The van der Waals surface area contributed by atoms with Crippen molar-refractivity contribution in [2.24, 2.45) is 5.73 Å². The summed E-state index contributed by atoms with van der Waals surface area (Å²) in [4.78, 5) is 15.7. The van der Waals surface area contributed by atoms with Crippen LogP contribution in [0.25, 0.3) is 0 Å². The zero-order chi connectivity index (χ0) is 16.9. The third-order valence-corrected chi connectivity index (χ3v) is 4.54. The Morgan fingerprint density at radius 1 is 1.25 bits per heavy atom. The van der Waals surface area contributed by atoms with Gasteiger partial charge in [0.2, 0.25) is 0 Å². The van der Waals surface area contributed by atoms with Gasteiger partial charge in [0.05, 0.1) is 0 Å². The van der Waals surface area contributed by atoms with E-state index in [2.05, 4.69) is 44.3 Å². The minimum atomic E-state index is -0.552. The molecular formula is C18H23N5O. The first-order valence-corrected chi connectivity index (χ1v) is 8.26. The van der Waals surface area contributed by atoms with Crippen LogP contribution in [0.15, 0.2) is 42.5 Å². The van der Waals surface area contributed by atoms with E-state index in [4.69, 9.17) is 5.73 Å². The average molecular weight is 325 g/mol. The smallest absolute Gasteiger partial charge is 0.269 e. The molecule has 3 rings (SSSR count). The summed E-state index contributed by atoms with van der Waals surface area (Å²) in [5, 5.41) is 8.04. The summed E-state index contributed by atoms with van der Waals surface area (Å²) >= 11 is 0. The number of hydrogen-bond acceptors (Lipinski definition) is 5. The van der Waals surface area contributed by atoms with Crippen molar-refractivity contribution in [1.29, 1.82) is 0 Å². The Morgan fingerprint density at radius 2 is 2.04 bits per heavy atom. The number of carbonyl (C=O) groups is 1. The quantitative estimate of drug-likeness (QED) is 0.905. The van der Waals surface area contributed by atoms with E-state index in [0.29, 0.717) is 6.04 Å². The summed E-state index contributed by atoms with van der Waals surface area (Å²) in [6.45, 7) is 3.08. The molecule has 1 fully saturated rings. The van der Waals surface area contributed by atoms with E-state index < -0.39 is 5.91 Å². The Hall–Kier alpha value is -2.47. The molecule has 0 bridgehead atoms. The minimum absolute atomic E-state index is 0.196. The second kappa shape index (κ2) is 7.40. The summed E-state index contributed by atoms with van der Waals surface area (Å²) in [6, 6.07) is 14.4. The van der Waals surface area contributed by atoms with E-state index in [9.17, 15) is 4.79 Å². The highest BCUT2D eigenvalue weighted by atomic mass is 16.1. The van der Waals surface area contributed by atoms with E-state index in [1.807, 2.05) is 19.2 Å². The van der Waals surface area contributed by atoms with E-state index in [1.54, 1.807) is 6.07 Å². The molecule has 126 valence electrons. The predicted octanol–water partition coefficient (Wildman–Crippen LogP) is 1.68. The zero-order valence-corrected chi connectivity index (χ0v) is 13.9. The summed E-state index contributed by atoms with van der Waals surface area (Å²) < 4.78 is 0. The van der Waals surface area contributed by atoms with Crippen molar-refractivity contribution >= 4 is 11.7 Å². The van der Waals surface area contributed by atoms with Crippen molar-refractivity contribution in [3.63, 3.8) is 0 Å². The first-order valence-electron chi connectivity index (χ1n) is 8.26. The molecule has 24 heavy (non-hydrogen) atoms. The van der Waals surface area contributed by atoms with Gasteiger partial charge in [0.25, 0.3) is 5.91 Å². The molecule has 1 saturated heterocycles. The van der Waals surface area contributed by atoms with Crippen molar-refractivity contribution in [3.05, 3.63) is 53.7 Å². The number of hydrogen-bond donors (Lipinski definition) is 1. The van der Waals surface area contributed by atoms with Crippen LogP contribution in [0, 0.1) is 0 Å². The maximum absolute atomic E-state index is 11.1. The molecule has 6 heteroatoms. The number of likely N-dealkylation sites (tertiary alicyclic amines) is 1. The van der Waals surface area contributed by atoms with Gasteiger partial charge in [-0.3, -0.25) is 9.69 Å². The highest BCUT2D eigenvalue weighted by molar-refractivity contribution is 5.90. The van der Waals surface area contributed by atoms with Crippen LogP contribution in [0.2, 0.25) is 0 Å². The molecule has 2 aromatic rings. The van der Waals surface area contributed by atoms with Gasteiger partial charge in [-0.25, -0.2) is 0 Å². The van der Waals surface area contributed by atoms with Gasteiger partial charge >= 0.3 is 0 Å². The number of anilines is 1. The second-order valence-corrected chi connectivity index (χ2v) is 6.27. The molecule has 1 aromatic carbocycles. The van der Waals surface area contributed by atoms with Crippen molar-refractivity contribution in [2.75, 3.05) is 25.0 Å². The van der Waals surface area contributed by atoms with E-state index in [0.717, 1.165) is 38.3 Å². The molecular weight excluding hydrogens is 302 g/mol. The number of likely N-dealkylation sites (N-methyl/N-ethyl adjacent to an activating group) is 1. The fourth-order valence-electron chi connectivity index (χ4n) is 3.16. The maximum atomic E-state index is 11.1. The van der Waals surface area contributed by atoms with Crippen LogP contribution < -0.4 is 10.6 Å². The van der Waals surface area contributed by atoms with Gasteiger partial charge in [-0.2, -0.15) is 0 Å². The van der Waals surface area contributed by atoms with Crippen molar-refractivity contribution in [3.8, 4) is 0 Å². The summed E-state index contributed by atoms with van der Waals surface area (Å²) in [7, 11) is 2.03. The molecule has 0 radical (unpaired) electrons. The lowest BCUT2D eigenvalue weighted by atomic mass is 10.0. The lowest BCUT2D eigenvalue weighted by molar-refractivity contribution is 0.0994. The number of rotatable bonds is 5. The number of nitrogens with two attached hydrogens (primary N) is 1. The SMILES string of the molecule is CN(c1ccc(C(N)=O)nn1)C1CCCN(Cc2ccccc2)C1. The Kier molecular flexibility index (Phi) is 5.05. The molecule has 0 aliphatic carbocycles. The Morgan fingerprint density at radius 3 is 2.71 bits per heavy atom. The second-order valence-electron chi connectivity index (χ2n) is 6.27. The summed E-state index contributed by atoms with van der Waals surface area (Å²) in [5.41, 5.74) is 6.75. The van der Waals surface area contributed by atoms with Crippen LogP contribution in [0.4, 0.5) is 5.82 Å². The molecule has 0 spiro atoms. The Balaban J connectivity index is 1.64. The van der Waals surface area contributed by atoms with Crippen LogP contribution in [0.5, 0.6) is 0 Å². The fourth-order valence-corrected chi connectivity index (χ4v) is 3.16. The highest BCUT2D eigenvalue weighted by Crippen LogP contribution is 2.20. The molecule has 2 heterocycles. The first-order chi connectivity index (χ1) is 11.6. The number of benzene rings is 1. The standard InChI is InChI=1S/C18H23N5O/c1-22(17-10-9-16(18(19)24)20-21-17)15-8-5-11-23(13-15)12-14-6-3-2-4-7-14/h2-4,6-7,9-10,15H,5,8,11-13H2,1H3,(H2,19,24). The molecule has 1 aliphatic heterocycles. The van der Waals surface area contributed by atoms with Crippen molar-refractivity contribution in [1.82, 2.24) is 15.1 Å². The number of aromatic nitrogens is 2. The number of carbonyl (C=O) groups excluding carboxylic acids is 1. The van der Waals surface area contributed by atoms with Crippen LogP contribution in [0.1, 0.15) is 28.9 Å². The molecule has 1 unspecified atom stereocenters. The third kappa shape index (κ3) is 3.89. The first kappa shape index (κ1) is 16.4. The third-order valence-electron chi connectivity index (χ3n) is 4.54. The Bertz CT molecular complexity index is 674. The topological polar surface area (TPSA) is 75.3 Å². The largest absolute Gasteiger partial charge is 0.364 e. The van der Waals surface area contributed by atoms with Gasteiger partial charge in [-0.15, -0.1) is 10.2 Å². The van der Waals surface area contributed by atoms with E-state index >= 15 is 0 Å². The predicted molar refractivity (Wildman–Crippen MR) is 93.7 cm³/mol. The molecule has 2 N–H and O–H groups in total. The van der Waals surface area contributed by atoms with Crippen molar-refractivity contribution < 1.29 is 4.79 Å². The van der Waals surface area contributed by atoms with E-state index in [1.165, 1.54) is 5.56 Å². The summed E-state index contributed by atoms with van der Waals surface area (Å²) in [5.74, 6) is 0.218. The lowest BCUT2D eigenvalue weighted by Gasteiger charge is -2.38. The molecule has 0 saturated carbocycles. The monoisotopic (exact) mass is 325 g/mol. The molecule has 6 nitrogen and oxygen atoms in total. The number of amides is 1. The van der Waals surface area contributed by atoms with Gasteiger partial charge in [0.1, 0.15) is 0 Å². The van der Waals surface area contributed by atoms with Gasteiger partial charge in [0.15, 0.2) is 11.5 Å². The zero-order valence-electron chi connectivity index (χ0n) is 13.9. The van der Waals surface area contributed by atoms with Crippen molar-refractivity contribution in [2.45, 2.75) is 25.4 Å². The van der Waals surface area contributed by atoms with E-state index in [-0.39, 0.29) is 5.69 Å². The number of primary amides is 1. The minimum Gasteiger partial charge on any atom is -0.364 e. The fraction of sp³-hybridized carbons (Fsp3) is 0.389. The molecule has 1 aromatic heterocycles. The molecule has 1 aliphatic rings. The highest BCUT2D eigenvalue weighted by Gasteiger charge is 2.24. The molecule has 1 atom stereocenters.